The summed E-state index contributed by atoms with van der Waals surface area (Å²) in [6, 6.07) is 8.43. The van der Waals surface area contributed by atoms with Crippen molar-refractivity contribution in [2.75, 3.05) is 0 Å². The highest BCUT2D eigenvalue weighted by atomic mass is 79.9. The van der Waals surface area contributed by atoms with Gasteiger partial charge in [0.1, 0.15) is 11.9 Å². The SMILES string of the molecule is CC(C)[Si](C(C)C)(C(C)C)n1ccc2c(Br)c(C(=O)c3cccnc3C#N)c(F)cc21. The van der Waals surface area contributed by atoms with Crippen LogP contribution in [0.4, 0.5) is 4.39 Å². The molecule has 7 heteroatoms. The molecule has 0 fully saturated rings. The lowest BCUT2D eigenvalue weighted by Gasteiger charge is -2.44. The van der Waals surface area contributed by atoms with Crippen molar-refractivity contribution in [1.82, 2.24) is 9.22 Å². The first-order chi connectivity index (χ1) is 14.6. The third-order valence-corrected chi connectivity index (χ3v) is 14.1. The number of nitriles is 1. The van der Waals surface area contributed by atoms with Crippen molar-refractivity contribution in [2.24, 2.45) is 0 Å². The molecular weight excluding hydrogens is 473 g/mol. The summed E-state index contributed by atoms with van der Waals surface area (Å²) in [5, 5.41) is 10.1. The van der Waals surface area contributed by atoms with E-state index in [1.807, 2.05) is 12.1 Å². The fourth-order valence-corrected chi connectivity index (χ4v) is 12.7. The van der Waals surface area contributed by atoms with Gasteiger partial charge in [0.15, 0.2) is 19.7 Å². The van der Waals surface area contributed by atoms with E-state index in [1.165, 1.54) is 18.3 Å². The molecule has 1 aromatic carbocycles. The molecule has 0 aliphatic rings. The molecule has 0 radical (unpaired) electrons. The van der Waals surface area contributed by atoms with Crippen LogP contribution in [-0.4, -0.2) is 23.2 Å². The van der Waals surface area contributed by atoms with Gasteiger partial charge in [0.05, 0.1) is 11.1 Å². The number of nitrogens with zero attached hydrogens (tertiary/aromatic N) is 3. The fraction of sp³-hybridized carbons (Fsp3) is 0.375. The lowest BCUT2D eigenvalue weighted by atomic mass is 10.0. The van der Waals surface area contributed by atoms with E-state index in [1.54, 1.807) is 6.07 Å². The van der Waals surface area contributed by atoms with E-state index in [2.05, 4.69) is 72.9 Å². The predicted octanol–water partition coefficient (Wildman–Crippen LogP) is 7.06. The molecule has 4 nitrogen and oxygen atoms in total. The Kier molecular flexibility index (Phi) is 6.54. The van der Waals surface area contributed by atoms with E-state index < -0.39 is 19.8 Å². The largest absolute Gasteiger partial charge is 0.373 e. The number of halogens is 2. The van der Waals surface area contributed by atoms with E-state index in [0.29, 0.717) is 21.1 Å². The number of benzene rings is 1. The molecule has 0 N–H and O–H groups in total. The smallest absolute Gasteiger partial charge is 0.200 e. The van der Waals surface area contributed by atoms with Gasteiger partial charge in [-0.3, -0.25) is 4.79 Å². The molecule has 31 heavy (non-hydrogen) atoms. The highest BCUT2D eigenvalue weighted by Crippen LogP contribution is 2.45. The molecule has 0 amide bonds. The summed E-state index contributed by atoms with van der Waals surface area (Å²) in [4.78, 5) is 17.1. The number of pyridine rings is 1. The van der Waals surface area contributed by atoms with Crippen LogP contribution in [0.15, 0.2) is 41.1 Å². The quantitative estimate of drug-likeness (QED) is 0.269. The molecule has 162 valence electrons. The fourth-order valence-electron chi connectivity index (χ4n) is 5.40. The molecule has 0 aliphatic heterocycles. The molecule has 0 saturated heterocycles. The maximum absolute atomic E-state index is 15.4. The van der Waals surface area contributed by atoms with Gasteiger partial charge < -0.3 is 4.23 Å². The first-order valence-corrected chi connectivity index (χ1v) is 13.5. The molecule has 0 atom stereocenters. The zero-order chi connectivity index (χ0) is 23.1. The van der Waals surface area contributed by atoms with E-state index in [9.17, 15) is 10.1 Å². The second-order valence-corrected chi connectivity index (χ2v) is 15.4. The summed E-state index contributed by atoms with van der Waals surface area (Å²) in [5.41, 5.74) is 2.15. The van der Waals surface area contributed by atoms with E-state index in [-0.39, 0.29) is 16.8 Å². The minimum atomic E-state index is -2.09. The van der Waals surface area contributed by atoms with Gasteiger partial charge in [-0.05, 0) is 63.0 Å². The summed E-state index contributed by atoms with van der Waals surface area (Å²) in [5.74, 6) is -1.15. The average molecular weight is 500 g/mol. The third kappa shape index (κ3) is 3.56. The van der Waals surface area contributed by atoms with E-state index >= 15 is 4.39 Å². The first-order valence-electron chi connectivity index (χ1n) is 10.5. The number of fused-ring (bicyclic) bond motifs is 1. The highest BCUT2D eigenvalue weighted by Gasteiger charge is 2.46. The molecule has 2 aromatic heterocycles. The Hall–Kier alpha value is -2.30. The molecule has 0 unspecified atom stereocenters. The number of ketones is 1. The Morgan fingerprint density at radius 3 is 2.32 bits per heavy atom. The normalized spacial score (nSPS) is 12.2. The Morgan fingerprint density at radius 1 is 1.16 bits per heavy atom. The van der Waals surface area contributed by atoms with Crippen LogP contribution in [-0.2, 0) is 0 Å². The van der Waals surface area contributed by atoms with Crippen LogP contribution >= 0.6 is 15.9 Å². The standard InChI is InChI=1S/C24H27BrFN3OSi/c1-14(2)31(15(3)4,16(5)6)29-11-9-18-21(29)12-19(26)22(23(18)25)24(30)17-8-7-10-28-20(17)13-27/h7-12,14-16H,1-6H3. The second-order valence-electron chi connectivity index (χ2n) is 8.86. The molecule has 3 rings (SSSR count). The minimum absolute atomic E-state index is 0.0117. The maximum Gasteiger partial charge on any atom is 0.200 e. The summed E-state index contributed by atoms with van der Waals surface area (Å²) in [6.07, 6.45) is 3.50. The van der Waals surface area contributed by atoms with Crippen molar-refractivity contribution in [2.45, 2.75) is 58.2 Å². The molecule has 0 saturated carbocycles. The van der Waals surface area contributed by atoms with Crippen LogP contribution in [0.2, 0.25) is 16.6 Å². The highest BCUT2D eigenvalue weighted by molar-refractivity contribution is 9.10. The second kappa shape index (κ2) is 8.68. The van der Waals surface area contributed by atoms with Crippen LogP contribution in [0, 0.1) is 17.1 Å². The van der Waals surface area contributed by atoms with Crippen molar-refractivity contribution in [3.8, 4) is 6.07 Å². The topological polar surface area (TPSA) is 58.7 Å². The van der Waals surface area contributed by atoms with Gasteiger partial charge in [0.25, 0.3) is 0 Å². The molecule has 0 aliphatic carbocycles. The van der Waals surface area contributed by atoms with Gasteiger partial charge in [-0.2, -0.15) is 5.26 Å². The summed E-state index contributed by atoms with van der Waals surface area (Å²) in [6.45, 7) is 13.5. The number of aromatic nitrogens is 2. The van der Waals surface area contributed by atoms with Gasteiger partial charge in [0, 0.05) is 21.6 Å². The Balaban J connectivity index is 2.29. The van der Waals surface area contributed by atoms with Crippen LogP contribution < -0.4 is 0 Å². The molecule has 0 spiro atoms. The van der Waals surface area contributed by atoms with Crippen molar-refractivity contribution < 1.29 is 9.18 Å². The van der Waals surface area contributed by atoms with Crippen molar-refractivity contribution >= 4 is 40.9 Å². The van der Waals surface area contributed by atoms with Gasteiger partial charge in [-0.25, -0.2) is 9.37 Å². The zero-order valence-electron chi connectivity index (χ0n) is 18.7. The molecule has 0 bridgehead atoms. The lowest BCUT2D eigenvalue weighted by molar-refractivity contribution is 0.103. The summed E-state index contributed by atoms with van der Waals surface area (Å²) < 4.78 is 18.2. The monoisotopic (exact) mass is 499 g/mol. The van der Waals surface area contributed by atoms with Crippen molar-refractivity contribution in [1.29, 1.82) is 5.26 Å². The zero-order valence-corrected chi connectivity index (χ0v) is 21.3. The predicted molar refractivity (Wildman–Crippen MR) is 128 cm³/mol. The third-order valence-electron chi connectivity index (χ3n) is 6.46. The lowest BCUT2D eigenvalue weighted by Crippen LogP contribution is -2.51. The number of hydrogen-bond donors (Lipinski definition) is 0. The minimum Gasteiger partial charge on any atom is -0.373 e. The first kappa shape index (κ1) is 23.4. The van der Waals surface area contributed by atoms with E-state index in [4.69, 9.17) is 0 Å². The van der Waals surface area contributed by atoms with Gasteiger partial charge in [0.2, 0.25) is 0 Å². The number of carbonyl (C=O) groups excluding carboxylic acids is 1. The van der Waals surface area contributed by atoms with E-state index in [0.717, 1.165) is 10.9 Å². The van der Waals surface area contributed by atoms with Crippen LogP contribution in [0.1, 0.15) is 63.2 Å². The van der Waals surface area contributed by atoms with Crippen molar-refractivity contribution in [3.05, 3.63) is 63.8 Å². The van der Waals surface area contributed by atoms with Gasteiger partial charge in [-0.15, -0.1) is 0 Å². The summed E-state index contributed by atoms with van der Waals surface area (Å²) in [7, 11) is -2.09. The Morgan fingerprint density at radius 2 is 1.77 bits per heavy atom. The van der Waals surface area contributed by atoms with Crippen molar-refractivity contribution in [3.63, 3.8) is 0 Å². The maximum atomic E-state index is 15.4. The summed E-state index contributed by atoms with van der Waals surface area (Å²) >= 11 is 3.51. The molecular formula is C24H27BrFN3OSi. The van der Waals surface area contributed by atoms with Gasteiger partial charge >= 0.3 is 0 Å². The number of rotatable bonds is 6. The number of carbonyl (C=O) groups is 1. The van der Waals surface area contributed by atoms with Crippen LogP contribution in [0.5, 0.6) is 0 Å². The van der Waals surface area contributed by atoms with Gasteiger partial charge in [-0.1, -0.05) is 41.5 Å². The average Bonchev–Trinajstić information content (AvgIpc) is 3.11. The molecule has 2 heterocycles. The Labute approximate surface area is 192 Å². The Bertz CT molecular complexity index is 1170. The number of hydrogen-bond acceptors (Lipinski definition) is 3. The molecule has 3 aromatic rings. The van der Waals surface area contributed by atoms with Crippen LogP contribution in [0.3, 0.4) is 0 Å². The van der Waals surface area contributed by atoms with Crippen LogP contribution in [0.25, 0.3) is 10.9 Å².